The van der Waals surface area contributed by atoms with Crippen molar-refractivity contribution in [3.8, 4) is 0 Å². The molecule has 0 saturated carbocycles. The second kappa shape index (κ2) is 6.55. The number of halogens is 3. The molecule has 0 amide bonds. The van der Waals surface area contributed by atoms with Gasteiger partial charge in [-0.05, 0) is 23.5 Å². The molecule has 1 aromatic carbocycles. The van der Waals surface area contributed by atoms with Crippen LogP contribution in [0.2, 0.25) is 0 Å². The van der Waals surface area contributed by atoms with E-state index in [-0.39, 0.29) is 6.54 Å². The summed E-state index contributed by atoms with van der Waals surface area (Å²) in [6.07, 6.45) is -3.40. The van der Waals surface area contributed by atoms with Crippen LogP contribution in [0.1, 0.15) is 36.6 Å². The number of nitrogens with zero attached hydrogens (tertiary/aromatic N) is 4. The smallest absolute Gasteiger partial charge is 0.305 e. The Labute approximate surface area is 139 Å². The lowest BCUT2D eigenvalue weighted by Crippen LogP contribution is -2.34. The van der Waals surface area contributed by atoms with Crippen LogP contribution in [0.5, 0.6) is 0 Å². The molecular weight excluding hydrogens is 317 g/mol. The number of benzene rings is 1. The Morgan fingerprint density at radius 1 is 1.04 bits per heavy atom. The van der Waals surface area contributed by atoms with Crippen LogP contribution in [0.25, 0.3) is 0 Å². The molecule has 0 atom stereocenters. The first-order valence-electron chi connectivity index (χ1n) is 8.12. The van der Waals surface area contributed by atoms with Crippen LogP contribution in [0.3, 0.4) is 0 Å². The summed E-state index contributed by atoms with van der Waals surface area (Å²) >= 11 is 0. The van der Waals surface area contributed by atoms with Crippen LogP contribution in [0.15, 0.2) is 24.3 Å². The predicted molar refractivity (Wildman–Crippen MR) is 84.1 cm³/mol. The minimum absolute atomic E-state index is 0.266. The normalized spacial score (nSPS) is 15.8. The van der Waals surface area contributed by atoms with Gasteiger partial charge in [-0.25, -0.2) is 0 Å². The highest BCUT2D eigenvalue weighted by molar-refractivity contribution is 5.23. The number of fused-ring (bicyclic) bond motifs is 1. The van der Waals surface area contributed by atoms with Gasteiger partial charge in [-0.15, -0.1) is 10.2 Å². The Morgan fingerprint density at radius 3 is 2.33 bits per heavy atom. The number of hydrogen-bond acceptors (Lipinski definition) is 3. The average molecular weight is 338 g/mol. The van der Waals surface area contributed by atoms with Gasteiger partial charge >= 0.3 is 6.18 Å². The monoisotopic (exact) mass is 338 g/mol. The molecule has 3 rings (SSSR count). The zero-order valence-corrected chi connectivity index (χ0v) is 13.8. The fourth-order valence-corrected chi connectivity index (χ4v) is 3.06. The molecule has 0 bridgehead atoms. The Bertz CT molecular complexity index is 689. The van der Waals surface area contributed by atoms with Crippen molar-refractivity contribution in [2.45, 2.75) is 46.1 Å². The third-order valence-electron chi connectivity index (χ3n) is 4.16. The summed E-state index contributed by atoms with van der Waals surface area (Å²) in [5, 5.41) is 7.02. The van der Waals surface area contributed by atoms with Crippen LogP contribution in [0, 0.1) is 5.92 Å². The highest BCUT2D eigenvalue weighted by atomic mass is 19.4. The van der Waals surface area contributed by atoms with E-state index in [1.54, 1.807) is 0 Å². The van der Waals surface area contributed by atoms with E-state index in [0.29, 0.717) is 31.4 Å². The molecule has 0 aliphatic carbocycles. The van der Waals surface area contributed by atoms with Gasteiger partial charge in [-0.1, -0.05) is 38.1 Å². The van der Waals surface area contributed by atoms with Gasteiger partial charge in [0.1, 0.15) is 5.82 Å². The molecule has 0 fully saturated rings. The average Bonchev–Trinajstić information content (AvgIpc) is 2.92. The summed E-state index contributed by atoms with van der Waals surface area (Å²) < 4.78 is 39.7. The number of hydrogen-bond donors (Lipinski definition) is 0. The van der Waals surface area contributed by atoms with Crippen molar-refractivity contribution in [2.75, 3.05) is 6.54 Å². The van der Waals surface area contributed by atoms with Crippen molar-refractivity contribution in [1.82, 2.24) is 19.7 Å². The van der Waals surface area contributed by atoms with Gasteiger partial charge in [0.15, 0.2) is 0 Å². The lowest BCUT2D eigenvalue weighted by Gasteiger charge is -2.28. The van der Waals surface area contributed by atoms with Crippen molar-refractivity contribution in [1.29, 1.82) is 0 Å². The van der Waals surface area contributed by atoms with E-state index in [4.69, 9.17) is 0 Å². The zero-order chi connectivity index (χ0) is 17.3. The lowest BCUT2D eigenvalue weighted by atomic mass is 10.0. The summed E-state index contributed by atoms with van der Waals surface area (Å²) in [6.45, 7) is 6.29. The molecule has 0 spiro atoms. The van der Waals surface area contributed by atoms with E-state index in [2.05, 4.69) is 53.2 Å². The molecule has 4 nitrogen and oxygen atoms in total. The second-order valence-corrected chi connectivity index (χ2v) is 6.71. The minimum Gasteiger partial charge on any atom is -0.305 e. The first-order valence-corrected chi connectivity index (χ1v) is 8.12. The van der Waals surface area contributed by atoms with Gasteiger partial charge in [-0.3, -0.25) is 4.90 Å². The van der Waals surface area contributed by atoms with Crippen LogP contribution in [-0.2, 0) is 32.2 Å². The van der Waals surface area contributed by atoms with Gasteiger partial charge < -0.3 is 4.57 Å². The van der Waals surface area contributed by atoms with Gasteiger partial charge in [-0.2, -0.15) is 13.2 Å². The molecule has 1 aliphatic heterocycles. The lowest BCUT2D eigenvalue weighted by molar-refractivity contribution is -0.148. The molecule has 0 unspecified atom stereocenters. The molecule has 1 aromatic heterocycles. The SMILES string of the molecule is CC(C)Cc1ccc(CN2CCn3c(nnc3C(F)(F)F)C2)cc1. The van der Waals surface area contributed by atoms with E-state index in [9.17, 15) is 13.2 Å². The molecule has 2 aromatic rings. The number of alkyl halides is 3. The van der Waals surface area contributed by atoms with Crippen LogP contribution in [-0.4, -0.2) is 26.2 Å². The molecule has 0 radical (unpaired) electrons. The molecule has 1 aliphatic rings. The molecule has 130 valence electrons. The minimum atomic E-state index is -4.44. The maximum atomic E-state index is 12.8. The van der Waals surface area contributed by atoms with Crippen molar-refractivity contribution in [2.24, 2.45) is 5.92 Å². The Balaban J connectivity index is 1.65. The van der Waals surface area contributed by atoms with Crippen molar-refractivity contribution in [3.05, 3.63) is 47.0 Å². The van der Waals surface area contributed by atoms with Crippen molar-refractivity contribution < 1.29 is 13.2 Å². The number of rotatable bonds is 4. The summed E-state index contributed by atoms with van der Waals surface area (Å²) in [4.78, 5) is 2.10. The predicted octanol–water partition coefficient (Wildman–Crippen LogP) is 3.51. The second-order valence-electron chi connectivity index (χ2n) is 6.71. The number of aromatic nitrogens is 3. The van der Waals surface area contributed by atoms with Crippen LogP contribution < -0.4 is 0 Å². The van der Waals surface area contributed by atoms with Crippen LogP contribution >= 0.6 is 0 Å². The Morgan fingerprint density at radius 2 is 1.71 bits per heavy atom. The van der Waals surface area contributed by atoms with Gasteiger partial charge in [0.05, 0.1) is 6.54 Å². The Kier molecular flexibility index (Phi) is 4.62. The third kappa shape index (κ3) is 3.77. The topological polar surface area (TPSA) is 34.0 Å². The molecular formula is C17H21F3N4. The van der Waals surface area contributed by atoms with Gasteiger partial charge in [0, 0.05) is 19.6 Å². The molecule has 7 heteroatoms. The third-order valence-corrected chi connectivity index (χ3v) is 4.16. The molecule has 24 heavy (non-hydrogen) atoms. The van der Waals surface area contributed by atoms with E-state index < -0.39 is 12.0 Å². The van der Waals surface area contributed by atoms with E-state index in [1.807, 2.05) is 0 Å². The standard InChI is InChI=1S/C17H21F3N4/c1-12(2)9-13-3-5-14(6-4-13)10-23-7-8-24-15(11-23)21-22-16(24)17(18,19)20/h3-6,12H,7-11H2,1-2H3. The first-order chi connectivity index (χ1) is 11.3. The highest BCUT2D eigenvalue weighted by Gasteiger charge is 2.39. The van der Waals surface area contributed by atoms with E-state index in [0.717, 1.165) is 12.0 Å². The largest absolute Gasteiger partial charge is 0.451 e. The zero-order valence-electron chi connectivity index (χ0n) is 13.8. The summed E-state index contributed by atoms with van der Waals surface area (Å²) in [6, 6.07) is 8.45. The first kappa shape index (κ1) is 17.0. The molecule has 0 N–H and O–H groups in total. The summed E-state index contributed by atoms with van der Waals surface area (Å²) in [5.74, 6) is 0.104. The summed E-state index contributed by atoms with van der Waals surface area (Å²) in [7, 11) is 0. The highest BCUT2D eigenvalue weighted by Crippen LogP contribution is 2.29. The van der Waals surface area contributed by atoms with Crippen LogP contribution in [0.4, 0.5) is 13.2 Å². The van der Waals surface area contributed by atoms with Crippen molar-refractivity contribution in [3.63, 3.8) is 0 Å². The molecule has 2 heterocycles. The fraction of sp³-hybridized carbons (Fsp3) is 0.529. The summed E-state index contributed by atoms with van der Waals surface area (Å²) in [5.41, 5.74) is 2.47. The molecule has 0 saturated heterocycles. The fourth-order valence-electron chi connectivity index (χ4n) is 3.06. The Hall–Kier alpha value is -1.89. The van der Waals surface area contributed by atoms with E-state index in [1.165, 1.54) is 10.1 Å². The van der Waals surface area contributed by atoms with Gasteiger partial charge in [0.2, 0.25) is 5.82 Å². The quantitative estimate of drug-likeness (QED) is 0.855. The van der Waals surface area contributed by atoms with Gasteiger partial charge in [0.25, 0.3) is 0 Å². The van der Waals surface area contributed by atoms with Crippen molar-refractivity contribution >= 4 is 0 Å². The maximum Gasteiger partial charge on any atom is 0.451 e. The van der Waals surface area contributed by atoms with E-state index >= 15 is 0 Å². The maximum absolute atomic E-state index is 12.8.